The highest BCUT2D eigenvalue weighted by Crippen LogP contribution is 2.41. The lowest BCUT2D eigenvalue weighted by atomic mass is 9.94. The third kappa shape index (κ3) is 3.86. The van der Waals surface area contributed by atoms with E-state index < -0.39 is 0 Å². The van der Waals surface area contributed by atoms with Gasteiger partial charge in [0.25, 0.3) is 0 Å². The lowest BCUT2D eigenvalue weighted by Crippen LogP contribution is -2.05. The monoisotopic (exact) mass is 437 g/mol. The van der Waals surface area contributed by atoms with Gasteiger partial charge in [-0.25, -0.2) is 9.97 Å². The number of nitrogens with zero attached hydrogens (tertiary/aromatic N) is 3. The predicted molar refractivity (Wildman–Crippen MR) is 131 cm³/mol. The number of pyridine rings is 3. The Morgan fingerprint density at radius 1 is 0.812 bits per heavy atom. The summed E-state index contributed by atoms with van der Waals surface area (Å²) < 4.78 is 0. The minimum Gasteiger partial charge on any atom is -0.384 e. The fourth-order valence-corrected chi connectivity index (χ4v) is 4.12. The average Bonchev–Trinajstić information content (AvgIpc) is 2.84. The summed E-state index contributed by atoms with van der Waals surface area (Å²) in [5, 5.41) is 5.83. The second-order valence-corrected chi connectivity index (χ2v) is 7.72. The summed E-state index contributed by atoms with van der Waals surface area (Å²) >= 11 is 6.74. The molecule has 6 heteroatoms. The van der Waals surface area contributed by atoms with Gasteiger partial charge in [-0.05, 0) is 40.8 Å². The van der Waals surface area contributed by atoms with Gasteiger partial charge in [0.05, 0.1) is 12.2 Å². The van der Waals surface area contributed by atoms with Crippen LogP contribution in [0.1, 0.15) is 5.69 Å². The van der Waals surface area contributed by atoms with E-state index in [0.717, 1.165) is 38.7 Å². The average molecular weight is 438 g/mol. The van der Waals surface area contributed by atoms with Crippen LogP contribution >= 0.6 is 11.6 Å². The van der Waals surface area contributed by atoms with Crippen molar-refractivity contribution in [3.8, 4) is 22.3 Å². The molecule has 32 heavy (non-hydrogen) atoms. The molecule has 0 amide bonds. The molecule has 0 aliphatic carbocycles. The number of anilines is 2. The molecule has 0 radical (unpaired) electrons. The van der Waals surface area contributed by atoms with E-state index in [1.807, 2.05) is 48.5 Å². The Kier molecular flexibility index (Phi) is 5.40. The molecule has 2 aromatic carbocycles. The molecule has 0 saturated carbocycles. The number of nitrogens with one attached hydrogen (secondary N) is 1. The van der Waals surface area contributed by atoms with Crippen LogP contribution in [0.5, 0.6) is 0 Å². The van der Waals surface area contributed by atoms with Crippen molar-refractivity contribution in [2.75, 3.05) is 11.1 Å². The molecule has 0 aliphatic heterocycles. The molecule has 5 aromatic rings. The molecule has 3 heterocycles. The molecule has 156 valence electrons. The number of aromatic nitrogens is 3. The van der Waals surface area contributed by atoms with Crippen molar-refractivity contribution in [2.45, 2.75) is 6.54 Å². The zero-order chi connectivity index (χ0) is 21.9. The Labute approximate surface area is 191 Å². The summed E-state index contributed by atoms with van der Waals surface area (Å²) in [6.07, 6.45) is 3.51. The van der Waals surface area contributed by atoms with Crippen LogP contribution < -0.4 is 11.1 Å². The maximum atomic E-state index is 6.74. The van der Waals surface area contributed by atoms with Gasteiger partial charge in [-0.15, -0.1) is 0 Å². The first kappa shape index (κ1) is 20.0. The Balaban J connectivity index is 1.73. The first-order valence-electron chi connectivity index (χ1n) is 10.2. The molecule has 0 fully saturated rings. The van der Waals surface area contributed by atoms with Crippen molar-refractivity contribution >= 4 is 34.0 Å². The molecule has 0 atom stereocenters. The fourth-order valence-electron chi connectivity index (χ4n) is 3.83. The van der Waals surface area contributed by atoms with Crippen molar-refractivity contribution in [1.29, 1.82) is 0 Å². The summed E-state index contributed by atoms with van der Waals surface area (Å²) in [6.45, 7) is 0.533. The van der Waals surface area contributed by atoms with E-state index in [9.17, 15) is 0 Å². The number of nitrogens with two attached hydrogens (primary N) is 1. The SMILES string of the molecule is Nc1ccc(-c2c(Cl)nc(NCc3ccccn3)c3c(-c4ccccc4)cccc23)cn1. The third-order valence-corrected chi connectivity index (χ3v) is 5.58. The first-order valence-corrected chi connectivity index (χ1v) is 10.6. The summed E-state index contributed by atoms with van der Waals surface area (Å²) in [5.74, 6) is 1.17. The molecule has 0 bridgehead atoms. The van der Waals surface area contributed by atoms with Gasteiger partial charge >= 0.3 is 0 Å². The van der Waals surface area contributed by atoms with Gasteiger partial charge in [-0.1, -0.05) is 66.2 Å². The number of hydrogen-bond donors (Lipinski definition) is 2. The number of halogens is 1. The van der Waals surface area contributed by atoms with E-state index in [0.29, 0.717) is 23.3 Å². The van der Waals surface area contributed by atoms with Gasteiger partial charge < -0.3 is 11.1 Å². The number of nitrogen functional groups attached to an aromatic ring is 1. The van der Waals surface area contributed by atoms with E-state index in [2.05, 4.69) is 39.6 Å². The summed E-state index contributed by atoms with van der Waals surface area (Å²) in [7, 11) is 0. The molecule has 0 unspecified atom stereocenters. The minimum absolute atomic E-state index is 0.401. The summed E-state index contributed by atoms with van der Waals surface area (Å²) in [5.41, 5.74) is 10.6. The van der Waals surface area contributed by atoms with E-state index in [4.69, 9.17) is 22.3 Å². The molecule has 5 rings (SSSR count). The van der Waals surface area contributed by atoms with Gasteiger partial charge in [-0.2, -0.15) is 0 Å². The van der Waals surface area contributed by atoms with Gasteiger partial charge in [0, 0.05) is 28.9 Å². The van der Waals surface area contributed by atoms with Crippen LogP contribution in [-0.2, 0) is 6.54 Å². The van der Waals surface area contributed by atoms with Crippen LogP contribution in [0.2, 0.25) is 5.15 Å². The molecule has 0 aliphatic rings. The van der Waals surface area contributed by atoms with E-state index in [-0.39, 0.29) is 0 Å². The van der Waals surface area contributed by atoms with E-state index in [1.54, 1.807) is 18.5 Å². The van der Waals surface area contributed by atoms with E-state index >= 15 is 0 Å². The number of rotatable bonds is 5. The van der Waals surface area contributed by atoms with Crippen LogP contribution in [0.25, 0.3) is 33.0 Å². The Bertz CT molecular complexity index is 1370. The van der Waals surface area contributed by atoms with Crippen molar-refractivity contribution in [3.63, 3.8) is 0 Å². The second-order valence-electron chi connectivity index (χ2n) is 7.37. The smallest absolute Gasteiger partial charge is 0.140 e. The van der Waals surface area contributed by atoms with Gasteiger partial charge in [0.15, 0.2) is 0 Å². The number of fused-ring (bicyclic) bond motifs is 1. The minimum atomic E-state index is 0.401. The molecule has 0 spiro atoms. The second kappa shape index (κ2) is 8.65. The normalized spacial score (nSPS) is 10.9. The fraction of sp³-hybridized carbons (Fsp3) is 0.0385. The lowest BCUT2D eigenvalue weighted by Gasteiger charge is -2.17. The number of benzene rings is 2. The van der Waals surface area contributed by atoms with Crippen LogP contribution in [0.3, 0.4) is 0 Å². The van der Waals surface area contributed by atoms with Crippen molar-refractivity contribution < 1.29 is 0 Å². The van der Waals surface area contributed by atoms with Crippen LogP contribution in [-0.4, -0.2) is 15.0 Å². The Morgan fingerprint density at radius 3 is 2.41 bits per heavy atom. The highest BCUT2D eigenvalue weighted by molar-refractivity contribution is 6.34. The molecular weight excluding hydrogens is 418 g/mol. The molecule has 5 nitrogen and oxygen atoms in total. The van der Waals surface area contributed by atoms with Gasteiger partial charge in [0.1, 0.15) is 16.8 Å². The van der Waals surface area contributed by atoms with Gasteiger partial charge in [-0.3, -0.25) is 4.98 Å². The highest BCUT2D eigenvalue weighted by atomic mass is 35.5. The standard InChI is InChI=1S/C26H20ClN5/c27-25-23(18-12-13-22(28)30-15-18)21-11-6-10-20(17-7-2-1-3-8-17)24(21)26(32-25)31-16-19-9-4-5-14-29-19/h1-15H,16H2,(H2,28,30)(H,31,32). The topological polar surface area (TPSA) is 76.7 Å². The first-order chi connectivity index (χ1) is 15.7. The lowest BCUT2D eigenvalue weighted by molar-refractivity contribution is 1.03. The molecular formula is C26H20ClN5. The molecule has 3 N–H and O–H groups in total. The van der Waals surface area contributed by atoms with E-state index in [1.165, 1.54) is 0 Å². The summed E-state index contributed by atoms with van der Waals surface area (Å²) in [6, 6.07) is 26.0. The molecule has 0 saturated heterocycles. The maximum absolute atomic E-state index is 6.74. The maximum Gasteiger partial charge on any atom is 0.140 e. The van der Waals surface area contributed by atoms with Crippen molar-refractivity contribution in [3.05, 3.63) is 102 Å². The van der Waals surface area contributed by atoms with Crippen molar-refractivity contribution in [2.24, 2.45) is 0 Å². The number of hydrogen-bond acceptors (Lipinski definition) is 5. The van der Waals surface area contributed by atoms with Crippen molar-refractivity contribution in [1.82, 2.24) is 15.0 Å². The largest absolute Gasteiger partial charge is 0.384 e. The van der Waals surface area contributed by atoms with Crippen LogP contribution in [0.15, 0.2) is 91.3 Å². The van der Waals surface area contributed by atoms with Gasteiger partial charge in [0.2, 0.25) is 0 Å². The van der Waals surface area contributed by atoms with Crippen LogP contribution in [0, 0.1) is 0 Å². The predicted octanol–water partition coefficient (Wildman–Crippen LogP) is 6.21. The highest BCUT2D eigenvalue weighted by Gasteiger charge is 2.18. The molecule has 3 aromatic heterocycles. The zero-order valence-corrected chi connectivity index (χ0v) is 17.9. The third-order valence-electron chi connectivity index (χ3n) is 5.31. The Hall–Kier alpha value is -3.96. The quantitative estimate of drug-likeness (QED) is 0.320. The Morgan fingerprint density at radius 2 is 1.66 bits per heavy atom. The zero-order valence-electron chi connectivity index (χ0n) is 17.2. The summed E-state index contributed by atoms with van der Waals surface area (Å²) in [4.78, 5) is 13.4. The van der Waals surface area contributed by atoms with Crippen LogP contribution in [0.4, 0.5) is 11.6 Å².